The van der Waals surface area contributed by atoms with E-state index in [0.717, 1.165) is 25.2 Å². The molecule has 1 aromatic rings. The van der Waals surface area contributed by atoms with E-state index in [9.17, 15) is 4.79 Å². The van der Waals surface area contributed by atoms with E-state index in [1.165, 1.54) is 25.0 Å². The summed E-state index contributed by atoms with van der Waals surface area (Å²) in [5, 5.41) is 0. The Balaban J connectivity index is 2.06. The monoisotopic (exact) mass is 277 g/mol. The molecule has 0 radical (unpaired) electrons. The van der Waals surface area contributed by atoms with Gasteiger partial charge in [-0.3, -0.25) is 9.69 Å². The van der Waals surface area contributed by atoms with Crippen molar-refractivity contribution in [1.29, 1.82) is 0 Å². The summed E-state index contributed by atoms with van der Waals surface area (Å²) in [5.41, 5.74) is 2.05. The molecule has 0 amide bonds. The predicted molar refractivity (Wildman–Crippen MR) is 82.0 cm³/mol. The van der Waals surface area contributed by atoms with Crippen LogP contribution in [0, 0.1) is 0 Å². The Morgan fingerprint density at radius 1 is 1.40 bits per heavy atom. The molecule has 0 aliphatic carbocycles. The minimum Gasteiger partial charge on any atom is -0.353 e. The number of Topliss-reactive ketones (excluding diaryl/α,β-unsaturated/α-hetero) is 1. The van der Waals surface area contributed by atoms with Crippen molar-refractivity contribution in [2.24, 2.45) is 7.05 Å². The van der Waals surface area contributed by atoms with Gasteiger partial charge < -0.3 is 9.47 Å². The van der Waals surface area contributed by atoms with E-state index in [1.54, 1.807) is 6.92 Å². The number of carbonyl (C=O) groups excluding carboxylic acids is 1. The van der Waals surface area contributed by atoms with Crippen molar-refractivity contribution in [2.45, 2.75) is 38.8 Å². The molecule has 1 aliphatic rings. The van der Waals surface area contributed by atoms with Gasteiger partial charge in [-0.15, -0.1) is 0 Å². The number of hydrogen-bond donors (Lipinski definition) is 0. The van der Waals surface area contributed by atoms with E-state index in [0.29, 0.717) is 6.04 Å². The molecule has 0 spiro atoms. The second kappa shape index (κ2) is 6.55. The summed E-state index contributed by atoms with van der Waals surface area (Å²) in [6.45, 7) is 4.85. The number of likely N-dealkylation sites (tertiary alicyclic amines) is 1. The zero-order chi connectivity index (χ0) is 14.7. The largest absolute Gasteiger partial charge is 0.353 e. The second-order valence-corrected chi connectivity index (χ2v) is 6.24. The van der Waals surface area contributed by atoms with Crippen LogP contribution in [-0.4, -0.2) is 53.4 Å². The molecule has 1 aliphatic heterocycles. The molecule has 0 saturated carbocycles. The Morgan fingerprint density at radius 2 is 2.15 bits per heavy atom. The number of ketones is 1. The number of nitrogens with zero attached hydrogens (tertiary/aromatic N) is 3. The van der Waals surface area contributed by atoms with Crippen LogP contribution in [0.1, 0.15) is 42.2 Å². The number of likely N-dealkylation sites (N-methyl/N-ethyl adjacent to an activating group) is 1. The van der Waals surface area contributed by atoms with Gasteiger partial charge in [-0.25, -0.2) is 0 Å². The maximum absolute atomic E-state index is 11.5. The molecular weight excluding hydrogens is 250 g/mol. The number of rotatable bonds is 4. The maximum Gasteiger partial charge on any atom is 0.161 e. The zero-order valence-electron chi connectivity index (χ0n) is 13.2. The Bertz CT molecular complexity index is 464. The SMILES string of the molecule is CC(=O)c1cc(CN2CCCC[C@H](N(C)C)C2)n(C)c1. The van der Waals surface area contributed by atoms with Crippen LogP contribution in [0.25, 0.3) is 0 Å². The van der Waals surface area contributed by atoms with Crippen LogP contribution in [0.4, 0.5) is 0 Å². The molecule has 4 nitrogen and oxygen atoms in total. The van der Waals surface area contributed by atoms with Gasteiger partial charge in [0.05, 0.1) is 0 Å². The molecule has 2 rings (SSSR count). The smallest absolute Gasteiger partial charge is 0.161 e. The van der Waals surface area contributed by atoms with Crippen molar-refractivity contribution in [2.75, 3.05) is 27.2 Å². The summed E-state index contributed by atoms with van der Waals surface area (Å²) in [7, 11) is 6.37. The van der Waals surface area contributed by atoms with Crippen molar-refractivity contribution in [3.8, 4) is 0 Å². The molecule has 20 heavy (non-hydrogen) atoms. The first-order chi connectivity index (χ1) is 9.47. The van der Waals surface area contributed by atoms with E-state index in [2.05, 4.69) is 28.5 Å². The second-order valence-electron chi connectivity index (χ2n) is 6.24. The molecular formula is C16H27N3O. The molecule has 1 aromatic heterocycles. The topological polar surface area (TPSA) is 28.5 Å². The molecule has 1 saturated heterocycles. The predicted octanol–water partition coefficient (Wildman–Crippen LogP) is 2.14. The Kier molecular flexibility index (Phi) is 5.00. The van der Waals surface area contributed by atoms with Gasteiger partial charge in [0.2, 0.25) is 0 Å². The number of aromatic nitrogens is 1. The zero-order valence-corrected chi connectivity index (χ0v) is 13.2. The lowest BCUT2D eigenvalue weighted by atomic mass is 10.1. The van der Waals surface area contributed by atoms with Crippen LogP contribution < -0.4 is 0 Å². The molecule has 1 atom stereocenters. The number of hydrogen-bond acceptors (Lipinski definition) is 3. The van der Waals surface area contributed by atoms with E-state index in [4.69, 9.17) is 0 Å². The van der Waals surface area contributed by atoms with Crippen molar-refractivity contribution in [1.82, 2.24) is 14.4 Å². The normalized spacial score (nSPS) is 21.1. The van der Waals surface area contributed by atoms with Gasteiger partial charge in [-0.1, -0.05) is 6.42 Å². The summed E-state index contributed by atoms with van der Waals surface area (Å²) < 4.78 is 2.09. The van der Waals surface area contributed by atoms with E-state index < -0.39 is 0 Å². The quantitative estimate of drug-likeness (QED) is 0.790. The average Bonchev–Trinajstić information content (AvgIpc) is 2.61. The van der Waals surface area contributed by atoms with Gasteiger partial charge in [-0.05, 0) is 46.5 Å². The fourth-order valence-electron chi connectivity index (χ4n) is 2.95. The highest BCUT2D eigenvalue weighted by Gasteiger charge is 2.20. The lowest BCUT2D eigenvalue weighted by Gasteiger charge is -2.28. The highest BCUT2D eigenvalue weighted by Crippen LogP contribution is 2.17. The number of carbonyl (C=O) groups is 1. The summed E-state index contributed by atoms with van der Waals surface area (Å²) in [6.07, 6.45) is 5.81. The third kappa shape index (κ3) is 3.70. The Morgan fingerprint density at radius 3 is 2.75 bits per heavy atom. The van der Waals surface area contributed by atoms with Crippen molar-refractivity contribution >= 4 is 5.78 Å². The van der Waals surface area contributed by atoms with Crippen LogP contribution in [0.15, 0.2) is 12.3 Å². The summed E-state index contributed by atoms with van der Waals surface area (Å²) >= 11 is 0. The molecule has 2 heterocycles. The minimum atomic E-state index is 0.147. The van der Waals surface area contributed by atoms with Crippen LogP contribution in [0.3, 0.4) is 0 Å². The summed E-state index contributed by atoms with van der Waals surface area (Å²) in [6, 6.07) is 2.68. The maximum atomic E-state index is 11.5. The van der Waals surface area contributed by atoms with E-state index >= 15 is 0 Å². The van der Waals surface area contributed by atoms with Gasteiger partial charge in [0, 0.05) is 43.6 Å². The van der Waals surface area contributed by atoms with Gasteiger partial charge in [0.1, 0.15) is 0 Å². The minimum absolute atomic E-state index is 0.147. The molecule has 0 N–H and O–H groups in total. The molecule has 112 valence electrons. The van der Waals surface area contributed by atoms with Crippen molar-refractivity contribution in [3.05, 3.63) is 23.5 Å². The summed E-state index contributed by atoms with van der Waals surface area (Å²) in [5.74, 6) is 0.147. The van der Waals surface area contributed by atoms with Crippen LogP contribution in [0.5, 0.6) is 0 Å². The fraction of sp³-hybridized carbons (Fsp3) is 0.688. The van der Waals surface area contributed by atoms with Crippen LogP contribution in [0.2, 0.25) is 0 Å². The van der Waals surface area contributed by atoms with Gasteiger partial charge in [0.25, 0.3) is 0 Å². The average molecular weight is 277 g/mol. The van der Waals surface area contributed by atoms with Crippen molar-refractivity contribution in [3.63, 3.8) is 0 Å². The first-order valence-electron chi connectivity index (χ1n) is 7.52. The van der Waals surface area contributed by atoms with Gasteiger partial charge >= 0.3 is 0 Å². The van der Waals surface area contributed by atoms with E-state index in [-0.39, 0.29) is 5.78 Å². The lowest BCUT2D eigenvalue weighted by molar-refractivity contribution is 0.101. The Labute approximate surface area is 122 Å². The van der Waals surface area contributed by atoms with Crippen LogP contribution >= 0.6 is 0 Å². The standard InChI is InChI=1S/C16H27N3O/c1-13(20)14-9-16(18(4)10-14)12-19-8-6-5-7-15(11-19)17(2)3/h9-10,15H,5-8,11-12H2,1-4H3/t15-/m0/s1. The first kappa shape index (κ1) is 15.3. The lowest BCUT2D eigenvalue weighted by Crippen LogP contribution is -2.38. The van der Waals surface area contributed by atoms with Crippen molar-refractivity contribution < 1.29 is 4.79 Å². The fourth-order valence-corrected chi connectivity index (χ4v) is 2.95. The highest BCUT2D eigenvalue weighted by molar-refractivity contribution is 5.94. The van der Waals surface area contributed by atoms with Gasteiger partial charge in [-0.2, -0.15) is 0 Å². The molecule has 0 aromatic carbocycles. The third-order valence-corrected chi connectivity index (χ3v) is 4.36. The first-order valence-corrected chi connectivity index (χ1v) is 7.52. The highest BCUT2D eigenvalue weighted by atomic mass is 16.1. The Hall–Kier alpha value is -1.13. The molecule has 1 fully saturated rings. The third-order valence-electron chi connectivity index (χ3n) is 4.36. The molecule has 4 heteroatoms. The summed E-state index contributed by atoms with van der Waals surface area (Å²) in [4.78, 5) is 16.3. The molecule has 0 unspecified atom stereocenters. The molecule has 0 bridgehead atoms. The number of aryl methyl sites for hydroxylation is 1. The van der Waals surface area contributed by atoms with E-state index in [1.807, 2.05) is 19.3 Å². The van der Waals surface area contributed by atoms with Crippen LogP contribution in [-0.2, 0) is 13.6 Å². The van der Waals surface area contributed by atoms with Gasteiger partial charge in [0.15, 0.2) is 5.78 Å².